The fourth-order valence-corrected chi connectivity index (χ4v) is 2.62. The number of carbonyl (C=O) groups is 1. The second-order valence-electron chi connectivity index (χ2n) is 5.74. The van der Waals surface area contributed by atoms with Crippen LogP contribution in [0.4, 0.5) is 11.4 Å². The number of hydrazone groups is 1. The van der Waals surface area contributed by atoms with Gasteiger partial charge in [0, 0.05) is 42.0 Å². The van der Waals surface area contributed by atoms with E-state index < -0.39 is 4.92 Å². The normalized spacial score (nSPS) is 10.7. The van der Waals surface area contributed by atoms with Crippen LogP contribution in [0.3, 0.4) is 0 Å². The highest BCUT2D eigenvalue weighted by Gasteiger charge is 2.13. The van der Waals surface area contributed by atoms with Gasteiger partial charge in [0.05, 0.1) is 11.1 Å². The molecule has 0 saturated heterocycles. The summed E-state index contributed by atoms with van der Waals surface area (Å²) >= 11 is 0. The molecule has 2 rings (SSSR count). The van der Waals surface area contributed by atoms with Crippen LogP contribution in [-0.2, 0) is 0 Å². The van der Waals surface area contributed by atoms with Crippen molar-refractivity contribution in [3.8, 4) is 0 Å². The first-order valence-electron chi connectivity index (χ1n) is 8.39. The summed E-state index contributed by atoms with van der Waals surface area (Å²) < 4.78 is 0. The number of nitro benzene ring substituents is 1. The first kappa shape index (κ1) is 19.1. The van der Waals surface area contributed by atoms with Crippen molar-refractivity contribution in [1.82, 2.24) is 5.43 Å². The van der Waals surface area contributed by atoms with Crippen LogP contribution in [0.1, 0.15) is 35.3 Å². The van der Waals surface area contributed by atoms with E-state index in [-0.39, 0.29) is 11.6 Å². The number of benzene rings is 2. The van der Waals surface area contributed by atoms with E-state index in [1.54, 1.807) is 24.3 Å². The van der Waals surface area contributed by atoms with E-state index in [1.807, 2.05) is 26.8 Å². The van der Waals surface area contributed by atoms with Gasteiger partial charge in [-0.1, -0.05) is 17.7 Å². The Morgan fingerprint density at radius 2 is 1.96 bits per heavy atom. The molecule has 0 atom stereocenters. The molecule has 0 bridgehead atoms. The van der Waals surface area contributed by atoms with Gasteiger partial charge in [0.25, 0.3) is 11.6 Å². The zero-order valence-corrected chi connectivity index (χ0v) is 15.1. The van der Waals surface area contributed by atoms with Crippen LogP contribution in [0, 0.1) is 17.0 Å². The smallest absolute Gasteiger partial charge is 0.271 e. The maximum absolute atomic E-state index is 12.1. The molecular formula is C19H22N4O3. The Morgan fingerprint density at radius 1 is 1.23 bits per heavy atom. The highest BCUT2D eigenvalue weighted by molar-refractivity contribution is 5.96. The lowest BCUT2D eigenvalue weighted by Gasteiger charge is -2.22. The molecule has 0 radical (unpaired) electrons. The standard InChI is InChI=1S/C19H22N4O3/c1-4-22(5-2)18-10-9-17(23(25)26)12-16(18)13-20-21-19(24)15-8-6-7-14(3)11-15/h6-13H,4-5H2,1-3H3,(H,21,24)/b20-13-. The van der Waals surface area contributed by atoms with Crippen LogP contribution in [0.15, 0.2) is 47.6 Å². The number of rotatable bonds is 7. The summed E-state index contributed by atoms with van der Waals surface area (Å²) in [7, 11) is 0. The summed E-state index contributed by atoms with van der Waals surface area (Å²) in [6.45, 7) is 7.42. The zero-order chi connectivity index (χ0) is 19.1. The Hall–Kier alpha value is -3.22. The zero-order valence-electron chi connectivity index (χ0n) is 15.1. The molecule has 0 spiro atoms. The van der Waals surface area contributed by atoms with Crippen molar-refractivity contribution < 1.29 is 9.72 Å². The number of non-ortho nitro benzene ring substituents is 1. The Bertz CT molecular complexity index is 829. The number of nitrogens with zero attached hydrogens (tertiary/aromatic N) is 3. The molecule has 0 unspecified atom stereocenters. The molecule has 0 fully saturated rings. The molecule has 7 nitrogen and oxygen atoms in total. The van der Waals surface area contributed by atoms with E-state index in [4.69, 9.17) is 0 Å². The van der Waals surface area contributed by atoms with Crippen molar-refractivity contribution in [3.05, 3.63) is 69.3 Å². The molecule has 0 heterocycles. The van der Waals surface area contributed by atoms with Gasteiger partial charge in [-0.05, 0) is 39.0 Å². The molecule has 0 aliphatic heterocycles. The van der Waals surface area contributed by atoms with Crippen molar-refractivity contribution >= 4 is 23.5 Å². The second kappa shape index (κ2) is 8.75. The highest BCUT2D eigenvalue weighted by atomic mass is 16.6. The predicted octanol–water partition coefficient (Wildman–Crippen LogP) is 3.51. The maximum Gasteiger partial charge on any atom is 0.271 e. The fraction of sp³-hybridized carbons (Fsp3) is 0.263. The van der Waals surface area contributed by atoms with E-state index in [9.17, 15) is 14.9 Å². The van der Waals surface area contributed by atoms with Crippen molar-refractivity contribution in [3.63, 3.8) is 0 Å². The monoisotopic (exact) mass is 354 g/mol. The lowest BCUT2D eigenvalue weighted by Crippen LogP contribution is -2.23. The van der Waals surface area contributed by atoms with Gasteiger partial charge in [-0.25, -0.2) is 5.43 Å². The molecule has 0 saturated carbocycles. The van der Waals surface area contributed by atoms with Crippen LogP contribution >= 0.6 is 0 Å². The number of hydrogen-bond acceptors (Lipinski definition) is 5. The largest absolute Gasteiger partial charge is 0.372 e. The van der Waals surface area contributed by atoms with Crippen LogP contribution in [0.25, 0.3) is 0 Å². The van der Waals surface area contributed by atoms with Gasteiger partial charge in [0.2, 0.25) is 0 Å². The summed E-state index contributed by atoms with van der Waals surface area (Å²) in [5.41, 5.74) is 5.33. The van der Waals surface area contributed by atoms with Gasteiger partial charge in [-0.3, -0.25) is 14.9 Å². The molecule has 1 N–H and O–H groups in total. The molecule has 2 aromatic carbocycles. The van der Waals surface area contributed by atoms with Crippen molar-refractivity contribution in [1.29, 1.82) is 0 Å². The number of aryl methyl sites for hydroxylation is 1. The number of anilines is 1. The summed E-state index contributed by atoms with van der Waals surface area (Å²) in [6, 6.07) is 11.8. The third-order valence-corrected chi connectivity index (χ3v) is 3.98. The van der Waals surface area contributed by atoms with E-state index >= 15 is 0 Å². The topological polar surface area (TPSA) is 87.8 Å². The minimum Gasteiger partial charge on any atom is -0.372 e. The average molecular weight is 354 g/mol. The fourth-order valence-electron chi connectivity index (χ4n) is 2.62. The van der Waals surface area contributed by atoms with Gasteiger partial charge in [-0.2, -0.15) is 5.10 Å². The second-order valence-corrected chi connectivity index (χ2v) is 5.74. The van der Waals surface area contributed by atoms with Crippen LogP contribution in [-0.4, -0.2) is 30.1 Å². The SMILES string of the molecule is CCN(CC)c1ccc([N+](=O)[O-])cc1/C=N\NC(=O)c1cccc(C)c1. The Balaban J connectivity index is 2.25. The maximum atomic E-state index is 12.1. The summed E-state index contributed by atoms with van der Waals surface area (Å²) in [5, 5.41) is 15.0. The van der Waals surface area contributed by atoms with Gasteiger partial charge >= 0.3 is 0 Å². The molecular weight excluding hydrogens is 332 g/mol. The van der Waals surface area contributed by atoms with Gasteiger partial charge < -0.3 is 4.90 Å². The third-order valence-electron chi connectivity index (χ3n) is 3.98. The Morgan fingerprint density at radius 3 is 2.58 bits per heavy atom. The van der Waals surface area contributed by atoms with Gasteiger partial charge in [0.15, 0.2) is 0 Å². The first-order chi connectivity index (χ1) is 12.5. The van der Waals surface area contributed by atoms with Crippen LogP contribution < -0.4 is 10.3 Å². The number of nitro groups is 1. The van der Waals surface area contributed by atoms with E-state index in [2.05, 4.69) is 15.4 Å². The lowest BCUT2D eigenvalue weighted by atomic mass is 10.1. The predicted molar refractivity (Wildman–Crippen MR) is 103 cm³/mol. The molecule has 0 aliphatic rings. The molecule has 26 heavy (non-hydrogen) atoms. The molecule has 0 aliphatic carbocycles. The summed E-state index contributed by atoms with van der Waals surface area (Å²) in [4.78, 5) is 24.8. The first-order valence-corrected chi connectivity index (χ1v) is 8.39. The van der Waals surface area contributed by atoms with E-state index in [0.717, 1.165) is 24.3 Å². The van der Waals surface area contributed by atoms with E-state index in [1.165, 1.54) is 18.3 Å². The molecule has 136 valence electrons. The number of hydrogen-bond donors (Lipinski definition) is 1. The number of amides is 1. The van der Waals surface area contributed by atoms with Gasteiger partial charge in [0.1, 0.15) is 0 Å². The molecule has 0 aromatic heterocycles. The number of nitrogens with one attached hydrogen (secondary N) is 1. The van der Waals surface area contributed by atoms with Gasteiger partial charge in [-0.15, -0.1) is 0 Å². The van der Waals surface area contributed by atoms with Crippen molar-refractivity contribution in [2.45, 2.75) is 20.8 Å². The minimum absolute atomic E-state index is 0.0210. The average Bonchev–Trinajstić information content (AvgIpc) is 2.63. The summed E-state index contributed by atoms with van der Waals surface area (Å²) in [6.07, 6.45) is 1.44. The van der Waals surface area contributed by atoms with Crippen molar-refractivity contribution in [2.24, 2.45) is 5.10 Å². The van der Waals surface area contributed by atoms with E-state index in [0.29, 0.717) is 11.1 Å². The van der Waals surface area contributed by atoms with Crippen molar-refractivity contribution in [2.75, 3.05) is 18.0 Å². The molecule has 7 heteroatoms. The summed E-state index contributed by atoms with van der Waals surface area (Å²) in [5.74, 6) is -0.334. The molecule has 2 aromatic rings. The Kier molecular flexibility index (Phi) is 6.43. The highest BCUT2D eigenvalue weighted by Crippen LogP contribution is 2.24. The number of carbonyl (C=O) groups excluding carboxylic acids is 1. The quantitative estimate of drug-likeness (QED) is 0.468. The minimum atomic E-state index is -0.450. The van der Waals surface area contributed by atoms with Crippen LogP contribution in [0.2, 0.25) is 0 Å². The Labute approximate surface area is 152 Å². The third kappa shape index (κ3) is 4.66. The molecule has 1 amide bonds. The lowest BCUT2D eigenvalue weighted by molar-refractivity contribution is -0.384. The van der Waals surface area contributed by atoms with Crippen LogP contribution in [0.5, 0.6) is 0 Å².